The summed E-state index contributed by atoms with van der Waals surface area (Å²) in [6, 6.07) is 11.0. The van der Waals surface area contributed by atoms with E-state index < -0.39 is 0 Å². The molecule has 1 aliphatic heterocycles. The molecule has 3 heterocycles. The molecule has 0 aliphatic carbocycles. The van der Waals surface area contributed by atoms with Gasteiger partial charge in [0.2, 0.25) is 0 Å². The van der Waals surface area contributed by atoms with Crippen LogP contribution in [0.2, 0.25) is 0 Å². The summed E-state index contributed by atoms with van der Waals surface area (Å²) in [6.45, 7) is 3.09. The fraction of sp³-hybridized carbons (Fsp3) is 0.333. The molecular formula is C15H17N7. The van der Waals surface area contributed by atoms with E-state index in [4.69, 9.17) is 0 Å². The molecule has 1 fully saturated rings. The lowest BCUT2D eigenvalue weighted by molar-refractivity contribution is 0.328. The summed E-state index contributed by atoms with van der Waals surface area (Å²) in [5.74, 6) is 0.842. The normalized spacial score (nSPS) is 18.8. The molecule has 7 heteroatoms. The Hall–Kier alpha value is -2.54. The second-order valence-electron chi connectivity index (χ2n) is 5.59. The van der Waals surface area contributed by atoms with Crippen LogP contribution in [-0.4, -0.2) is 49.1 Å². The standard InChI is InChI=1S/C15H17N7/c1-2-4-12(5-3-1)10-21-7-6-13(11-21)17-14-8-16-9-15-18-19-20-22(14)15/h1-5,8-9,13,17H,6-7,10-11H2. The molecule has 0 amide bonds. The van der Waals surface area contributed by atoms with Crippen LogP contribution >= 0.6 is 0 Å². The molecule has 2 aromatic heterocycles. The average Bonchev–Trinajstić information content (AvgIpc) is 3.18. The van der Waals surface area contributed by atoms with Gasteiger partial charge in [-0.1, -0.05) is 30.3 Å². The third-order valence-electron chi connectivity index (χ3n) is 3.98. The Kier molecular flexibility index (Phi) is 3.40. The number of likely N-dealkylation sites (tertiary alicyclic amines) is 1. The maximum atomic E-state index is 4.17. The topological polar surface area (TPSA) is 71.2 Å². The first-order chi connectivity index (χ1) is 10.9. The van der Waals surface area contributed by atoms with Gasteiger partial charge < -0.3 is 5.32 Å². The number of anilines is 1. The smallest absolute Gasteiger partial charge is 0.199 e. The molecule has 1 N–H and O–H groups in total. The molecule has 1 unspecified atom stereocenters. The molecule has 1 saturated heterocycles. The molecule has 7 nitrogen and oxygen atoms in total. The van der Waals surface area contributed by atoms with E-state index in [9.17, 15) is 0 Å². The summed E-state index contributed by atoms with van der Waals surface area (Å²) in [5, 5.41) is 15.1. The molecule has 1 atom stereocenters. The monoisotopic (exact) mass is 295 g/mol. The van der Waals surface area contributed by atoms with Crippen molar-refractivity contribution in [2.45, 2.75) is 19.0 Å². The second kappa shape index (κ2) is 5.69. The van der Waals surface area contributed by atoms with Gasteiger partial charge in [0.25, 0.3) is 0 Å². The molecule has 112 valence electrons. The highest BCUT2D eigenvalue weighted by atomic mass is 15.5. The molecule has 4 rings (SSSR count). The third-order valence-corrected chi connectivity index (χ3v) is 3.98. The predicted molar refractivity (Wildman–Crippen MR) is 82.3 cm³/mol. The number of rotatable bonds is 4. The zero-order valence-corrected chi connectivity index (χ0v) is 12.1. The Morgan fingerprint density at radius 3 is 3.00 bits per heavy atom. The Morgan fingerprint density at radius 2 is 2.09 bits per heavy atom. The summed E-state index contributed by atoms with van der Waals surface area (Å²) in [4.78, 5) is 6.63. The number of tetrazole rings is 1. The lowest BCUT2D eigenvalue weighted by atomic mass is 10.2. The van der Waals surface area contributed by atoms with E-state index >= 15 is 0 Å². The van der Waals surface area contributed by atoms with Crippen molar-refractivity contribution >= 4 is 11.5 Å². The lowest BCUT2D eigenvalue weighted by Crippen LogP contribution is -2.26. The van der Waals surface area contributed by atoms with E-state index in [1.165, 1.54) is 5.56 Å². The van der Waals surface area contributed by atoms with Crippen LogP contribution in [0.1, 0.15) is 12.0 Å². The van der Waals surface area contributed by atoms with Gasteiger partial charge in [-0.05, 0) is 22.4 Å². The van der Waals surface area contributed by atoms with Crippen molar-refractivity contribution in [3.8, 4) is 0 Å². The fourth-order valence-electron chi connectivity index (χ4n) is 2.92. The highest BCUT2D eigenvalue weighted by Crippen LogP contribution is 2.17. The summed E-state index contributed by atoms with van der Waals surface area (Å²) >= 11 is 0. The van der Waals surface area contributed by atoms with E-state index in [1.54, 1.807) is 16.9 Å². The SMILES string of the molecule is c1ccc(CN2CCC(Nc3cncc4nnnn34)C2)cc1. The number of aromatic nitrogens is 5. The fourth-order valence-corrected chi connectivity index (χ4v) is 2.92. The van der Waals surface area contributed by atoms with Crippen molar-refractivity contribution in [3.63, 3.8) is 0 Å². The maximum Gasteiger partial charge on any atom is 0.199 e. The van der Waals surface area contributed by atoms with Gasteiger partial charge in [-0.3, -0.25) is 9.88 Å². The molecule has 1 aliphatic rings. The van der Waals surface area contributed by atoms with Crippen LogP contribution in [0.4, 0.5) is 5.82 Å². The highest BCUT2D eigenvalue weighted by Gasteiger charge is 2.23. The first-order valence-electron chi connectivity index (χ1n) is 7.43. The van der Waals surface area contributed by atoms with Crippen LogP contribution in [0, 0.1) is 0 Å². The Bertz CT molecular complexity index is 755. The van der Waals surface area contributed by atoms with E-state index in [0.29, 0.717) is 11.7 Å². The first kappa shape index (κ1) is 13.1. The van der Waals surface area contributed by atoms with Gasteiger partial charge in [-0.15, -0.1) is 5.10 Å². The van der Waals surface area contributed by atoms with E-state index in [-0.39, 0.29) is 0 Å². The zero-order chi connectivity index (χ0) is 14.8. The van der Waals surface area contributed by atoms with Gasteiger partial charge in [0.1, 0.15) is 0 Å². The predicted octanol–water partition coefficient (Wildman–Crippen LogP) is 1.21. The number of nitrogens with one attached hydrogen (secondary N) is 1. The number of benzene rings is 1. The van der Waals surface area contributed by atoms with Crippen LogP contribution < -0.4 is 5.32 Å². The van der Waals surface area contributed by atoms with Crippen LogP contribution in [0.15, 0.2) is 42.7 Å². The molecule has 0 radical (unpaired) electrons. The number of fused-ring (bicyclic) bond motifs is 1. The summed E-state index contributed by atoms with van der Waals surface area (Å²) < 4.78 is 1.69. The van der Waals surface area contributed by atoms with Crippen molar-refractivity contribution in [1.29, 1.82) is 0 Å². The van der Waals surface area contributed by atoms with Gasteiger partial charge in [-0.2, -0.15) is 4.52 Å². The maximum absolute atomic E-state index is 4.17. The summed E-state index contributed by atoms with van der Waals surface area (Å²) in [5.41, 5.74) is 2.01. The minimum Gasteiger partial charge on any atom is -0.365 e. The van der Waals surface area contributed by atoms with Crippen LogP contribution in [0.3, 0.4) is 0 Å². The van der Waals surface area contributed by atoms with Crippen molar-refractivity contribution in [2.24, 2.45) is 0 Å². The van der Waals surface area contributed by atoms with E-state index in [2.05, 4.69) is 61.1 Å². The molecule has 22 heavy (non-hydrogen) atoms. The molecular weight excluding hydrogens is 278 g/mol. The molecule has 0 bridgehead atoms. The Balaban J connectivity index is 1.42. The minimum absolute atomic E-state index is 0.389. The van der Waals surface area contributed by atoms with Gasteiger partial charge in [0.15, 0.2) is 11.5 Å². The number of hydrogen-bond donors (Lipinski definition) is 1. The van der Waals surface area contributed by atoms with Crippen molar-refractivity contribution in [3.05, 3.63) is 48.3 Å². The van der Waals surface area contributed by atoms with Crippen LogP contribution in [0.25, 0.3) is 5.65 Å². The van der Waals surface area contributed by atoms with E-state index in [0.717, 1.165) is 31.9 Å². The molecule has 0 spiro atoms. The molecule has 1 aromatic carbocycles. The van der Waals surface area contributed by atoms with Crippen molar-refractivity contribution in [1.82, 2.24) is 29.9 Å². The quantitative estimate of drug-likeness (QED) is 0.780. The first-order valence-corrected chi connectivity index (χ1v) is 7.43. The zero-order valence-electron chi connectivity index (χ0n) is 12.1. The van der Waals surface area contributed by atoms with Crippen molar-refractivity contribution < 1.29 is 0 Å². The Labute approximate surface area is 128 Å². The second-order valence-corrected chi connectivity index (χ2v) is 5.59. The number of hydrogen-bond acceptors (Lipinski definition) is 6. The van der Waals surface area contributed by atoms with Gasteiger partial charge in [-0.25, -0.2) is 0 Å². The lowest BCUT2D eigenvalue weighted by Gasteiger charge is -2.17. The third kappa shape index (κ3) is 2.62. The van der Waals surface area contributed by atoms with E-state index in [1.807, 2.05) is 0 Å². The minimum atomic E-state index is 0.389. The van der Waals surface area contributed by atoms with Gasteiger partial charge >= 0.3 is 0 Å². The summed E-state index contributed by atoms with van der Waals surface area (Å²) in [6.07, 6.45) is 4.52. The van der Waals surface area contributed by atoms with Crippen LogP contribution in [0.5, 0.6) is 0 Å². The highest BCUT2D eigenvalue weighted by molar-refractivity contribution is 5.44. The Morgan fingerprint density at radius 1 is 1.18 bits per heavy atom. The van der Waals surface area contributed by atoms with Gasteiger partial charge in [0.05, 0.1) is 12.4 Å². The average molecular weight is 295 g/mol. The van der Waals surface area contributed by atoms with Crippen molar-refractivity contribution in [2.75, 3.05) is 18.4 Å². The molecule has 0 saturated carbocycles. The largest absolute Gasteiger partial charge is 0.365 e. The molecule has 3 aromatic rings. The number of nitrogens with zero attached hydrogens (tertiary/aromatic N) is 6. The summed E-state index contributed by atoms with van der Waals surface area (Å²) in [7, 11) is 0. The van der Waals surface area contributed by atoms with Crippen LogP contribution in [-0.2, 0) is 6.54 Å². The van der Waals surface area contributed by atoms with Gasteiger partial charge in [0, 0.05) is 25.7 Å².